The van der Waals surface area contributed by atoms with Crippen molar-refractivity contribution >= 4 is 5.91 Å². The minimum atomic E-state index is -0.00448. The number of aromatic nitrogens is 1. The van der Waals surface area contributed by atoms with Crippen molar-refractivity contribution in [2.24, 2.45) is 0 Å². The summed E-state index contributed by atoms with van der Waals surface area (Å²) < 4.78 is 5.62. The fourth-order valence-electron chi connectivity index (χ4n) is 4.38. The Morgan fingerprint density at radius 2 is 1.61 bits per heavy atom. The number of carbonyl (C=O) groups is 1. The average Bonchev–Trinajstić information content (AvgIpc) is 3.38. The number of nitrogens with one attached hydrogen (secondary N) is 1. The van der Waals surface area contributed by atoms with Crippen LogP contribution in [0.25, 0.3) is 22.5 Å². The van der Waals surface area contributed by atoms with Gasteiger partial charge in [-0.15, -0.1) is 0 Å². The first-order valence-electron chi connectivity index (χ1n) is 10.7. The Labute approximate surface area is 181 Å². The van der Waals surface area contributed by atoms with Crippen molar-refractivity contribution in [3.63, 3.8) is 0 Å². The lowest BCUT2D eigenvalue weighted by atomic mass is 10.00. The van der Waals surface area contributed by atoms with E-state index in [4.69, 9.17) is 4.52 Å². The Bertz CT molecular complexity index is 1210. The molecule has 1 amide bonds. The molecule has 3 aromatic carbocycles. The SMILES string of the molecule is Cc1noc(-c2ccc(-c3ccccc3)cc2)c1CC(=O)N[C@@H]1CCc2ccccc21. The smallest absolute Gasteiger partial charge is 0.225 e. The number of hydrogen-bond acceptors (Lipinski definition) is 3. The zero-order chi connectivity index (χ0) is 21.2. The maximum atomic E-state index is 12.9. The fraction of sp³-hybridized carbons (Fsp3) is 0.185. The highest BCUT2D eigenvalue weighted by molar-refractivity contribution is 5.82. The van der Waals surface area contributed by atoms with Crippen LogP contribution in [0.1, 0.15) is 34.8 Å². The number of fused-ring (bicyclic) bond motifs is 1. The number of rotatable bonds is 5. The molecule has 1 atom stereocenters. The molecule has 0 aliphatic heterocycles. The van der Waals surface area contributed by atoms with Gasteiger partial charge in [-0.05, 0) is 42.0 Å². The molecule has 1 aromatic heterocycles. The van der Waals surface area contributed by atoms with Gasteiger partial charge in [-0.3, -0.25) is 4.79 Å². The van der Waals surface area contributed by atoms with Crippen molar-refractivity contribution in [1.82, 2.24) is 10.5 Å². The van der Waals surface area contributed by atoms with E-state index < -0.39 is 0 Å². The molecule has 0 fully saturated rings. The van der Waals surface area contributed by atoms with Gasteiger partial charge in [0, 0.05) is 11.1 Å². The first-order valence-corrected chi connectivity index (χ1v) is 10.7. The highest BCUT2D eigenvalue weighted by Crippen LogP contribution is 2.32. The highest BCUT2D eigenvalue weighted by atomic mass is 16.5. The molecule has 5 rings (SSSR count). The van der Waals surface area contributed by atoms with E-state index in [-0.39, 0.29) is 18.4 Å². The number of nitrogens with zero attached hydrogens (tertiary/aromatic N) is 1. The number of benzene rings is 3. The highest BCUT2D eigenvalue weighted by Gasteiger charge is 2.25. The maximum Gasteiger partial charge on any atom is 0.225 e. The van der Waals surface area contributed by atoms with Crippen molar-refractivity contribution < 1.29 is 9.32 Å². The molecule has 154 valence electrons. The van der Waals surface area contributed by atoms with Crippen LogP contribution >= 0.6 is 0 Å². The summed E-state index contributed by atoms with van der Waals surface area (Å²) in [4.78, 5) is 12.9. The van der Waals surface area contributed by atoms with Crippen LogP contribution < -0.4 is 5.32 Å². The van der Waals surface area contributed by atoms with E-state index in [0.717, 1.165) is 35.2 Å². The number of aryl methyl sites for hydroxylation is 2. The van der Waals surface area contributed by atoms with Gasteiger partial charge >= 0.3 is 0 Å². The first kappa shape index (κ1) is 19.3. The predicted octanol–water partition coefficient (Wildman–Crippen LogP) is 5.66. The molecule has 1 N–H and O–H groups in total. The van der Waals surface area contributed by atoms with Gasteiger partial charge < -0.3 is 9.84 Å². The topological polar surface area (TPSA) is 55.1 Å². The van der Waals surface area contributed by atoms with Gasteiger partial charge in [0.1, 0.15) is 0 Å². The molecular formula is C27H24N2O2. The molecule has 31 heavy (non-hydrogen) atoms. The molecule has 0 spiro atoms. The van der Waals surface area contributed by atoms with Gasteiger partial charge in [0.25, 0.3) is 0 Å². The van der Waals surface area contributed by atoms with Gasteiger partial charge in [-0.25, -0.2) is 0 Å². The van der Waals surface area contributed by atoms with Gasteiger partial charge in [-0.1, -0.05) is 84.0 Å². The van der Waals surface area contributed by atoms with Gasteiger partial charge in [-0.2, -0.15) is 0 Å². The predicted molar refractivity (Wildman–Crippen MR) is 121 cm³/mol. The van der Waals surface area contributed by atoms with Gasteiger partial charge in [0.2, 0.25) is 5.91 Å². The number of amides is 1. The standard InChI is InChI=1S/C27H24N2O2/c1-18-24(17-26(30)28-25-16-15-21-9-5-6-10-23(21)25)27(31-29-18)22-13-11-20(12-14-22)19-7-3-2-4-8-19/h2-14,25H,15-17H2,1H3,(H,28,30)/t25-/m1/s1. The second-order valence-electron chi connectivity index (χ2n) is 8.05. The van der Waals surface area contributed by atoms with E-state index in [2.05, 4.69) is 52.9 Å². The molecule has 1 aliphatic rings. The summed E-state index contributed by atoms with van der Waals surface area (Å²) in [5.74, 6) is 0.661. The average molecular weight is 409 g/mol. The van der Waals surface area contributed by atoms with Crippen LogP contribution in [0.3, 0.4) is 0 Å². The van der Waals surface area contributed by atoms with E-state index in [1.165, 1.54) is 16.7 Å². The Kier molecular flexibility index (Phi) is 5.13. The lowest BCUT2D eigenvalue weighted by Crippen LogP contribution is -2.28. The lowest BCUT2D eigenvalue weighted by molar-refractivity contribution is -0.121. The molecule has 4 aromatic rings. The van der Waals surface area contributed by atoms with Crippen LogP contribution in [0.5, 0.6) is 0 Å². The molecule has 0 radical (unpaired) electrons. The van der Waals surface area contributed by atoms with Crippen molar-refractivity contribution in [2.45, 2.75) is 32.2 Å². The van der Waals surface area contributed by atoms with Crippen molar-refractivity contribution in [3.05, 3.63) is 101 Å². The van der Waals surface area contributed by atoms with Crippen LogP contribution in [0.4, 0.5) is 0 Å². The minimum Gasteiger partial charge on any atom is -0.356 e. The van der Waals surface area contributed by atoms with Crippen LogP contribution in [0.2, 0.25) is 0 Å². The summed E-state index contributed by atoms with van der Waals surface area (Å²) in [5.41, 5.74) is 7.39. The summed E-state index contributed by atoms with van der Waals surface area (Å²) in [7, 11) is 0. The zero-order valence-corrected chi connectivity index (χ0v) is 17.5. The van der Waals surface area contributed by atoms with E-state index in [1.54, 1.807) is 0 Å². The molecule has 4 nitrogen and oxygen atoms in total. The summed E-state index contributed by atoms with van der Waals surface area (Å²) in [6.45, 7) is 1.89. The van der Waals surface area contributed by atoms with E-state index in [1.807, 2.05) is 43.3 Å². The number of hydrogen-bond donors (Lipinski definition) is 1. The third kappa shape index (κ3) is 3.89. The van der Waals surface area contributed by atoms with E-state index in [0.29, 0.717) is 5.76 Å². The Morgan fingerprint density at radius 1 is 0.935 bits per heavy atom. The minimum absolute atomic E-state index is 0.00448. The maximum absolute atomic E-state index is 12.9. The monoisotopic (exact) mass is 408 g/mol. The van der Waals surface area contributed by atoms with E-state index >= 15 is 0 Å². The fourth-order valence-corrected chi connectivity index (χ4v) is 4.38. The van der Waals surface area contributed by atoms with Crippen molar-refractivity contribution in [1.29, 1.82) is 0 Å². The third-order valence-corrected chi connectivity index (χ3v) is 6.04. The van der Waals surface area contributed by atoms with Crippen LogP contribution in [0.15, 0.2) is 83.4 Å². The quantitative estimate of drug-likeness (QED) is 0.463. The van der Waals surface area contributed by atoms with Gasteiger partial charge in [0.05, 0.1) is 18.2 Å². The third-order valence-electron chi connectivity index (χ3n) is 6.04. The van der Waals surface area contributed by atoms with Crippen LogP contribution in [-0.4, -0.2) is 11.1 Å². The second kappa shape index (κ2) is 8.23. The van der Waals surface area contributed by atoms with E-state index in [9.17, 15) is 4.79 Å². The summed E-state index contributed by atoms with van der Waals surface area (Å²) in [6.07, 6.45) is 2.21. The summed E-state index contributed by atoms with van der Waals surface area (Å²) >= 11 is 0. The molecule has 1 aliphatic carbocycles. The van der Waals surface area contributed by atoms with Crippen LogP contribution in [0, 0.1) is 6.92 Å². The summed E-state index contributed by atoms with van der Waals surface area (Å²) in [6, 6.07) is 26.9. The Morgan fingerprint density at radius 3 is 2.42 bits per heavy atom. The van der Waals surface area contributed by atoms with Gasteiger partial charge in [0.15, 0.2) is 5.76 Å². The number of carbonyl (C=O) groups excluding carboxylic acids is 1. The van der Waals surface area contributed by atoms with Crippen LogP contribution in [-0.2, 0) is 17.6 Å². The molecule has 0 unspecified atom stereocenters. The molecule has 1 heterocycles. The van der Waals surface area contributed by atoms with Crippen molar-refractivity contribution in [3.8, 4) is 22.5 Å². The second-order valence-corrected chi connectivity index (χ2v) is 8.05. The summed E-state index contributed by atoms with van der Waals surface area (Å²) in [5, 5.41) is 7.34. The zero-order valence-electron chi connectivity index (χ0n) is 17.5. The molecule has 0 saturated carbocycles. The molecule has 0 saturated heterocycles. The first-order chi connectivity index (χ1) is 15.2. The Hall–Kier alpha value is -3.66. The normalized spacial score (nSPS) is 14.9. The molecule has 4 heteroatoms. The van der Waals surface area contributed by atoms with Crippen molar-refractivity contribution in [2.75, 3.05) is 0 Å². The Balaban J connectivity index is 1.34. The lowest BCUT2D eigenvalue weighted by Gasteiger charge is -2.14. The molecular weight excluding hydrogens is 384 g/mol. The molecule has 0 bridgehead atoms. The largest absolute Gasteiger partial charge is 0.356 e.